The molecule has 4 rings (SSSR count). The first-order valence-electron chi connectivity index (χ1n) is 10.9. The molecule has 30 heavy (non-hydrogen) atoms. The van der Waals surface area contributed by atoms with Crippen LogP contribution in [0.4, 0.5) is 5.69 Å². The average Bonchev–Trinajstić information content (AvgIpc) is 3.06. The minimum absolute atomic E-state index is 0.161. The molecule has 0 unspecified atom stereocenters. The third kappa shape index (κ3) is 4.13. The van der Waals surface area contributed by atoms with Gasteiger partial charge >= 0.3 is 5.97 Å². The quantitative estimate of drug-likeness (QED) is 0.752. The van der Waals surface area contributed by atoms with E-state index in [2.05, 4.69) is 54.2 Å². The van der Waals surface area contributed by atoms with Crippen molar-refractivity contribution in [1.82, 2.24) is 10.2 Å². The lowest BCUT2D eigenvalue weighted by Gasteiger charge is -2.34. The molecule has 2 N–H and O–H groups in total. The van der Waals surface area contributed by atoms with Crippen LogP contribution in [0.1, 0.15) is 46.6 Å². The lowest BCUT2D eigenvalue weighted by molar-refractivity contribution is 0.0696. The first kappa shape index (κ1) is 21.3. The Morgan fingerprint density at radius 2 is 1.97 bits per heavy atom. The summed E-state index contributed by atoms with van der Waals surface area (Å²) in [5.74, 6) is -0.793. The number of rotatable bonds is 5. The van der Waals surface area contributed by atoms with Gasteiger partial charge in [0, 0.05) is 48.2 Å². The van der Waals surface area contributed by atoms with Gasteiger partial charge in [-0.15, -0.1) is 11.3 Å². The van der Waals surface area contributed by atoms with E-state index in [0.717, 1.165) is 68.0 Å². The van der Waals surface area contributed by atoms with E-state index in [4.69, 9.17) is 0 Å². The Labute approximate surface area is 183 Å². The molecular formula is C24H33N3O2S. The van der Waals surface area contributed by atoms with Crippen LogP contribution in [-0.2, 0) is 19.4 Å². The van der Waals surface area contributed by atoms with Gasteiger partial charge in [0.15, 0.2) is 0 Å². The number of piperazine rings is 1. The maximum Gasteiger partial charge on any atom is 0.337 e. The van der Waals surface area contributed by atoms with Crippen LogP contribution in [0.5, 0.6) is 0 Å². The van der Waals surface area contributed by atoms with Gasteiger partial charge in [-0.1, -0.05) is 19.9 Å². The molecule has 6 heteroatoms. The molecule has 0 bridgehead atoms. The highest BCUT2D eigenvalue weighted by Gasteiger charge is 2.33. The van der Waals surface area contributed by atoms with Gasteiger partial charge in [0.2, 0.25) is 0 Å². The molecule has 5 nitrogen and oxygen atoms in total. The standard InChI is InChI=1S/C24H33N3O2S/c1-24(2)8-7-20-19(14-24)21(23(28)29)22(30-20)18-6-5-17(13-16(18)15-25-3)27-11-9-26(4)10-12-27/h5-6,13,25H,7-12,14-15H2,1-4H3,(H,28,29). The number of nitrogens with one attached hydrogen (secondary N) is 1. The number of carboxylic acids is 1. The number of fused-ring (bicyclic) bond motifs is 1. The van der Waals surface area contributed by atoms with E-state index in [9.17, 15) is 9.90 Å². The molecular weight excluding hydrogens is 394 g/mol. The van der Waals surface area contributed by atoms with E-state index >= 15 is 0 Å². The van der Waals surface area contributed by atoms with Gasteiger partial charge in [-0.05, 0) is 67.6 Å². The van der Waals surface area contributed by atoms with Gasteiger partial charge in [-0.25, -0.2) is 4.79 Å². The normalized spacial score (nSPS) is 19.0. The second-order valence-corrected chi connectivity index (χ2v) is 10.6. The molecule has 1 fully saturated rings. The van der Waals surface area contributed by atoms with Gasteiger partial charge < -0.3 is 20.2 Å². The van der Waals surface area contributed by atoms with Gasteiger partial charge in [-0.3, -0.25) is 0 Å². The number of nitrogens with zero attached hydrogens (tertiary/aromatic N) is 2. The lowest BCUT2D eigenvalue weighted by Crippen LogP contribution is -2.44. The number of hydrogen-bond donors (Lipinski definition) is 2. The molecule has 0 atom stereocenters. The number of anilines is 1. The molecule has 0 saturated carbocycles. The number of benzene rings is 1. The Morgan fingerprint density at radius 1 is 1.23 bits per heavy atom. The zero-order chi connectivity index (χ0) is 21.5. The van der Waals surface area contributed by atoms with Crippen molar-refractivity contribution in [3.63, 3.8) is 0 Å². The highest BCUT2D eigenvalue weighted by molar-refractivity contribution is 7.16. The SMILES string of the molecule is CNCc1cc(N2CCN(C)CC2)ccc1-c1sc2c(c1C(=O)O)CC(C)(C)CC2. The molecule has 162 valence electrons. The highest BCUT2D eigenvalue weighted by atomic mass is 32.1. The van der Waals surface area contributed by atoms with Crippen LogP contribution in [0, 0.1) is 5.41 Å². The smallest absolute Gasteiger partial charge is 0.337 e. The molecule has 1 aromatic heterocycles. The predicted octanol–water partition coefficient (Wildman–Crippen LogP) is 4.10. The van der Waals surface area contributed by atoms with Crippen molar-refractivity contribution in [3.05, 3.63) is 39.8 Å². The predicted molar refractivity (Wildman–Crippen MR) is 125 cm³/mol. The minimum atomic E-state index is -0.793. The monoisotopic (exact) mass is 427 g/mol. The average molecular weight is 428 g/mol. The molecule has 2 aromatic rings. The molecule has 0 amide bonds. The number of hydrogen-bond acceptors (Lipinski definition) is 5. The molecule has 2 aliphatic rings. The summed E-state index contributed by atoms with van der Waals surface area (Å²) in [7, 11) is 4.12. The molecule has 2 heterocycles. The Bertz CT molecular complexity index is 942. The molecule has 0 spiro atoms. The van der Waals surface area contributed by atoms with Crippen molar-refractivity contribution in [2.75, 3.05) is 45.2 Å². The van der Waals surface area contributed by atoms with E-state index in [1.165, 1.54) is 16.1 Å². The second kappa shape index (κ2) is 8.33. The number of likely N-dealkylation sites (N-methyl/N-ethyl adjacent to an activating group) is 1. The third-order valence-electron chi connectivity index (χ3n) is 6.56. The number of carboxylic acid groups (broad SMARTS) is 1. The van der Waals surface area contributed by atoms with Crippen molar-refractivity contribution in [1.29, 1.82) is 0 Å². The molecule has 1 aliphatic carbocycles. The van der Waals surface area contributed by atoms with Crippen molar-refractivity contribution in [2.24, 2.45) is 5.41 Å². The van der Waals surface area contributed by atoms with Gasteiger partial charge in [0.1, 0.15) is 0 Å². The van der Waals surface area contributed by atoms with E-state index in [1.54, 1.807) is 11.3 Å². The highest BCUT2D eigenvalue weighted by Crippen LogP contribution is 2.46. The Balaban J connectivity index is 1.77. The first-order chi connectivity index (χ1) is 14.3. The summed E-state index contributed by atoms with van der Waals surface area (Å²) in [6.45, 7) is 9.41. The second-order valence-electron chi connectivity index (χ2n) is 9.52. The Hall–Kier alpha value is -1.89. The number of thiophene rings is 1. The zero-order valence-electron chi connectivity index (χ0n) is 18.5. The summed E-state index contributed by atoms with van der Waals surface area (Å²) in [5, 5.41) is 13.4. The Morgan fingerprint density at radius 3 is 2.63 bits per heavy atom. The summed E-state index contributed by atoms with van der Waals surface area (Å²) >= 11 is 1.70. The summed E-state index contributed by atoms with van der Waals surface area (Å²) in [4.78, 5) is 19.3. The molecule has 0 radical (unpaired) electrons. The van der Waals surface area contributed by atoms with Crippen LogP contribution in [0.15, 0.2) is 18.2 Å². The first-order valence-corrected chi connectivity index (χ1v) is 11.7. The number of aromatic carboxylic acids is 1. The number of carbonyl (C=O) groups is 1. The fourth-order valence-electron chi connectivity index (χ4n) is 4.74. The largest absolute Gasteiger partial charge is 0.478 e. The van der Waals surface area contributed by atoms with Crippen LogP contribution in [0.2, 0.25) is 0 Å². The number of aryl methyl sites for hydroxylation is 1. The molecule has 1 saturated heterocycles. The molecule has 1 aromatic carbocycles. The van der Waals surface area contributed by atoms with Crippen molar-refractivity contribution in [2.45, 2.75) is 39.7 Å². The van der Waals surface area contributed by atoms with Crippen LogP contribution in [0.25, 0.3) is 10.4 Å². The summed E-state index contributed by atoms with van der Waals surface area (Å²) in [6.07, 6.45) is 2.94. The Kier molecular flexibility index (Phi) is 5.93. The maximum absolute atomic E-state index is 12.3. The van der Waals surface area contributed by atoms with E-state index in [1.807, 2.05) is 7.05 Å². The van der Waals surface area contributed by atoms with E-state index in [0.29, 0.717) is 5.56 Å². The van der Waals surface area contributed by atoms with Crippen molar-refractivity contribution < 1.29 is 9.90 Å². The van der Waals surface area contributed by atoms with Gasteiger partial charge in [0.05, 0.1) is 5.56 Å². The topological polar surface area (TPSA) is 55.8 Å². The van der Waals surface area contributed by atoms with Crippen LogP contribution >= 0.6 is 11.3 Å². The van der Waals surface area contributed by atoms with E-state index < -0.39 is 5.97 Å². The minimum Gasteiger partial charge on any atom is -0.478 e. The lowest BCUT2D eigenvalue weighted by atomic mass is 9.76. The fraction of sp³-hybridized carbons (Fsp3) is 0.542. The summed E-state index contributed by atoms with van der Waals surface area (Å²) in [5.41, 5.74) is 5.24. The van der Waals surface area contributed by atoms with Crippen LogP contribution in [-0.4, -0.2) is 56.3 Å². The van der Waals surface area contributed by atoms with Crippen LogP contribution in [0.3, 0.4) is 0 Å². The summed E-state index contributed by atoms with van der Waals surface area (Å²) < 4.78 is 0. The van der Waals surface area contributed by atoms with Gasteiger partial charge in [0.25, 0.3) is 0 Å². The third-order valence-corrected chi connectivity index (χ3v) is 7.88. The maximum atomic E-state index is 12.3. The van der Waals surface area contributed by atoms with E-state index in [-0.39, 0.29) is 5.41 Å². The van der Waals surface area contributed by atoms with Gasteiger partial charge in [-0.2, -0.15) is 0 Å². The fourth-order valence-corrected chi connectivity index (χ4v) is 6.11. The zero-order valence-corrected chi connectivity index (χ0v) is 19.4. The van der Waals surface area contributed by atoms with Crippen LogP contribution < -0.4 is 10.2 Å². The summed E-state index contributed by atoms with van der Waals surface area (Å²) in [6, 6.07) is 6.58. The molecule has 1 aliphatic heterocycles. The van der Waals surface area contributed by atoms with Crippen molar-refractivity contribution >= 4 is 23.0 Å². The van der Waals surface area contributed by atoms with Crippen molar-refractivity contribution in [3.8, 4) is 10.4 Å².